The number of hydrogen-bond donors (Lipinski definition) is 2. The maximum absolute atomic E-state index is 13.7. The van der Waals surface area contributed by atoms with Crippen molar-refractivity contribution in [2.75, 3.05) is 11.5 Å². The van der Waals surface area contributed by atoms with Gasteiger partial charge in [-0.3, -0.25) is 14.5 Å². The fourth-order valence-electron chi connectivity index (χ4n) is 3.56. The van der Waals surface area contributed by atoms with Crippen LogP contribution in [0.15, 0.2) is 47.7 Å². The van der Waals surface area contributed by atoms with E-state index in [1.54, 1.807) is 6.92 Å². The quantitative estimate of drug-likeness (QED) is 0.616. The number of aliphatic hydroxyl groups is 1. The topological polar surface area (TPSA) is 87.1 Å². The number of carbonyl (C=O) groups is 2. The Labute approximate surface area is 184 Å². The third-order valence-electron chi connectivity index (χ3n) is 4.88. The minimum absolute atomic E-state index is 0.00308. The van der Waals surface area contributed by atoms with E-state index in [1.165, 1.54) is 35.2 Å². The number of carbonyl (C=O) groups excluding carboxylic acids is 2. The molecule has 1 amide bonds. The predicted octanol–water partition coefficient (Wildman–Crippen LogP) is 5.10. The highest BCUT2D eigenvalue weighted by molar-refractivity contribution is 6.31. The van der Waals surface area contributed by atoms with Crippen molar-refractivity contribution in [3.8, 4) is 11.5 Å². The zero-order valence-corrected chi connectivity index (χ0v) is 18.1. The Morgan fingerprint density at radius 3 is 2.55 bits per heavy atom. The van der Waals surface area contributed by atoms with E-state index >= 15 is 0 Å². The highest BCUT2D eigenvalue weighted by Gasteiger charge is 2.44. The van der Waals surface area contributed by atoms with Crippen molar-refractivity contribution >= 4 is 29.0 Å². The lowest BCUT2D eigenvalue weighted by Crippen LogP contribution is -2.31. The molecule has 1 aliphatic heterocycles. The molecule has 0 radical (unpaired) electrons. The molecule has 31 heavy (non-hydrogen) atoms. The Bertz CT molecular complexity index is 1070. The van der Waals surface area contributed by atoms with Crippen LogP contribution in [0.25, 0.3) is 0 Å². The number of phenolic OH excluding ortho intramolecular Hbond substituents is 1. The summed E-state index contributed by atoms with van der Waals surface area (Å²) in [5.74, 6) is -2.44. The van der Waals surface area contributed by atoms with Gasteiger partial charge in [0.1, 0.15) is 5.82 Å². The van der Waals surface area contributed by atoms with Gasteiger partial charge in [-0.05, 0) is 48.7 Å². The molecule has 0 bridgehead atoms. The summed E-state index contributed by atoms with van der Waals surface area (Å²) < 4.78 is 19.2. The summed E-state index contributed by atoms with van der Waals surface area (Å²) in [6, 6.07) is 7.15. The standard InChI is InChI=1S/C23H23ClFNO5/c1-4-31-19-10-13(5-8-17(19)27)21-20(18(28)9-12(2)3)22(29)23(30)26(21)14-6-7-16(25)15(24)11-14/h5-8,10-12,21,27,29H,4,9H2,1-3H3. The molecule has 0 fully saturated rings. The fourth-order valence-corrected chi connectivity index (χ4v) is 3.73. The van der Waals surface area contributed by atoms with Gasteiger partial charge in [0, 0.05) is 12.1 Å². The van der Waals surface area contributed by atoms with E-state index in [9.17, 15) is 24.2 Å². The van der Waals surface area contributed by atoms with Crippen LogP contribution in [0.3, 0.4) is 0 Å². The highest BCUT2D eigenvalue weighted by Crippen LogP contribution is 2.44. The van der Waals surface area contributed by atoms with Gasteiger partial charge in [0.2, 0.25) is 0 Å². The molecular weight excluding hydrogens is 425 g/mol. The van der Waals surface area contributed by atoms with Gasteiger partial charge < -0.3 is 14.9 Å². The highest BCUT2D eigenvalue weighted by atomic mass is 35.5. The van der Waals surface area contributed by atoms with Crippen LogP contribution in [0.4, 0.5) is 10.1 Å². The zero-order valence-electron chi connectivity index (χ0n) is 17.4. The molecule has 3 rings (SSSR count). The number of aromatic hydroxyl groups is 1. The molecule has 1 aliphatic rings. The van der Waals surface area contributed by atoms with E-state index in [1.807, 2.05) is 13.8 Å². The lowest BCUT2D eigenvalue weighted by atomic mass is 9.91. The molecule has 2 aromatic carbocycles. The average molecular weight is 448 g/mol. The van der Waals surface area contributed by atoms with Gasteiger partial charge in [0.05, 0.1) is 23.2 Å². The van der Waals surface area contributed by atoms with E-state index in [4.69, 9.17) is 16.3 Å². The Balaban J connectivity index is 2.19. The molecule has 1 heterocycles. The molecule has 6 nitrogen and oxygen atoms in total. The number of nitrogens with zero attached hydrogens (tertiary/aromatic N) is 1. The lowest BCUT2D eigenvalue weighted by Gasteiger charge is -2.27. The number of aliphatic hydroxyl groups excluding tert-OH is 1. The number of benzene rings is 2. The number of halogens is 2. The van der Waals surface area contributed by atoms with Crippen LogP contribution in [0.2, 0.25) is 5.02 Å². The van der Waals surface area contributed by atoms with Gasteiger partial charge in [-0.2, -0.15) is 0 Å². The molecule has 164 valence electrons. The number of ether oxygens (including phenoxy) is 1. The number of rotatable bonds is 7. The number of hydrogen-bond acceptors (Lipinski definition) is 5. The second-order valence-corrected chi connectivity index (χ2v) is 8.03. The monoisotopic (exact) mass is 447 g/mol. The van der Waals surface area contributed by atoms with E-state index in [0.717, 1.165) is 6.07 Å². The van der Waals surface area contributed by atoms with Crippen molar-refractivity contribution in [3.63, 3.8) is 0 Å². The first-order valence-electron chi connectivity index (χ1n) is 9.86. The van der Waals surface area contributed by atoms with Gasteiger partial charge in [-0.25, -0.2) is 4.39 Å². The van der Waals surface area contributed by atoms with Crippen molar-refractivity contribution in [1.29, 1.82) is 0 Å². The summed E-state index contributed by atoms with van der Waals surface area (Å²) in [7, 11) is 0. The Kier molecular flexibility index (Phi) is 6.55. The fraction of sp³-hybridized carbons (Fsp3) is 0.304. The summed E-state index contributed by atoms with van der Waals surface area (Å²) in [5, 5.41) is 20.5. The summed E-state index contributed by atoms with van der Waals surface area (Å²) in [6.07, 6.45) is 0.123. The van der Waals surface area contributed by atoms with Crippen molar-refractivity contribution in [2.24, 2.45) is 5.92 Å². The molecule has 2 aromatic rings. The molecule has 0 spiro atoms. The third kappa shape index (κ3) is 4.37. The molecule has 0 aromatic heterocycles. The molecule has 1 unspecified atom stereocenters. The molecule has 0 aliphatic carbocycles. The third-order valence-corrected chi connectivity index (χ3v) is 5.17. The summed E-state index contributed by atoms with van der Waals surface area (Å²) in [5.41, 5.74) is 0.588. The number of phenols is 1. The van der Waals surface area contributed by atoms with E-state index in [0.29, 0.717) is 5.56 Å². The second-order valence-electron chi connectivity index (χ2n) is 7.62. The summed E-state index contributed by atoms with van der Waals surface area (Å²) >= 11 is 5.92. The van der Waals surface area contributed by atoms with Crippen molar-refractivity contribution in [1.82, 2.24) is 0 Å². The molecule has 2 N–H and O–H groups in total. The van der Waals surface area contributed by atoms with E-state index < -0.39 is 23.5 Å². The van der Waals surface area contributed by atoms with Crippen LogP contribution in [0.5, 0.6) is 11.5 Å². The molecule has 8 heteroatoms. The largest absolute Gasteiger partial charge is 0.504 e. The van der Waals surface area contributed by atoms with Crippen molar-refractivity contribution < 1.29 is 28.9 Å². The van der Waals surface area contributed by atoms with Crippen LogP contribution in [0.1, 0.15) is 38.8 Å². The Hall–Kier alpha value is -3.06. The Morgan fingerprint density at radius 1 is 1.23 bits per heavy atom. The molecule has 0 saturated carbocycles. The van der Waals surface area contributed by atoms with Gasteiger partial charge in [0.15, 0.2) is 23.0 Å². The first-order valence-corrected chi connectivity index (χ1v) is 10.2. The normalized spacial score (nSPS) is 16.4. The smallest absolute Gasteiger partial charge is 0.294 e. The first kappa shape index (κ1) is 22.6. The zero-order chi connectivity index (χ0) is 22.9. The molecular formula is C23H23ClFNO5. The lowest BCUT2D eigenvalue weighted by molar-refractivity contribution is -0.118. The maximum Gasteiger partial charge on any atom is 0.294 e. The first-order chi connectivity index (χ1) is 14.6. The van der Waals surface area contributed by atoms with Crippen LogP contribution in [0, 0.1) is 11.7 Å². The number of Topliss-reactive ketones (excluding diaryl/α,β-unsaturated/α-hetero) is 1. The summed E-state index contributed by atoms with van der Waals surface area (Å²) in [4.78, 5) is 27.2. The van der Waals surface area contributed by atoms with Gasteiger partial charge >= 0.3 is 0 Å². The van der Waals surface area contributed by atoms with Crippen LogP contribution in [-0.4, -0.2) is 28.5 Å². The van der Waals surface area contributed by atoms with Crippen LogP contribution >= 0.6 is 11.6 Å². The van der Waals surface area contributed by atoms with Crippen LogP contribution in [-0.2, 0) is 9.59 Å². The minimum atomic E-state index is -1.000. The SMILES string of the molecule is CCOc1cc(C2C(C(=O)CC(C)C)=C(O)C(=O)N2c2ccc(F)c(Cl)c2)ccc1O. The molecule has 1 atom stereocenters. The maximum atomic E-state index is 13.7. The van der Waals surface area contributed by atoms with Crippen LogP contribution < -0.4 is 9.64 Å². The minimum Gasteiger partial charge on any atom is -0.504 e. The van der Waals surface area contributed by atoms with Gasteiger partial charge in [-0.1, -0.05) is 31.5 Å². The summed E-state index contributed by atoms with van der Waals surface area (Å²) in [6.45, 7) is 5.75. The second kappa shape index (κ2) is 8.98. The number of anilines is 1. The number of ketones is 1. The number of amides is 1. The van der Waals surface area contributed by atoms with Crippen molar-refractivity contribution in [3.05, 3.63) is 64.1 Å². The van der Waals surface area contributed by atoms with Crippen molar-refractivity contribution in [2.45, 2.75) is 33.2 Å². The molecule has 0 saturated heterocycles. The van der Waals surface area contributed by atoms with Gasteiger partial charge in [0.25, 0.3) is 5.91 Å². The van der Waals surface area contributed by atoms with Gasteiger partial charge in [-0.15, -0.1) is 0 Å². The van der Waals surface area contributed by atoms with E-state index in [-0.39, 0.29) is 52.5 Å². The predicted molar refractivity (Wildman–Crippen MR) is 115 cm³/mol. The Morgan fingerprint density at radius 2 is 1.94 bits per heavy atom. The van der Waals surface area contributed by atoms with E-state index in [2.05, 4.69) is 0 Å². The average Bonchev–Trinajstić information content (AvgIpc) is 2.96.